The van der Waals surface area contributed by atoms with Crippen LogP contribution in [0.4, 0.5) is 0 Å². The number of rotatable bonds is 2. The molecule has 0 radical (unpaired) electrons. The molecule has 0 amide bonds. The lowest BCUT2D eigenvalue weighted by atomic mass is 10.1. The molecule has 2 rings (SSSR count). The summed E-state index contributed by atoms with van der Waals surface area (Å²) in [5.74, 6) is 0. The number of carbonyl (C=O) groups is 1. The number of H-pyrrole nitrogens is 1. The summed E-state index contributed by atoms with van der Waals surface area (Å²) in [6.45, 7) is 2.05. The average Bonchev–Trinajstić information content (AvgIpc) is 2.49. The minimum atomic E-state index is 0.490. The maximum Gasteiger partial charge on any atom is 0.124 e. The van der Waals surface area contributed by atoms with Crippen LogP contribution in [0.3, 0.4) is 0 Å². The number of benzene rings is 1. The standard InChI is InChI=1S/C11H11NO/c1-8-2-3-11-10(6-8)9(4-5-13)7-12-11/h2-3,5-7,12H,4H2,1H3. The van der Waals surface area contributed by atoms with Crippen LogP contribution in [0.5, 0.6) is 0 Å². The molecular weight excluding hydrogens is 162 g/mol. The zero-order chi connectivity index (χ0) is 9.26. The number of hydrogen-bond donors (Lipinski definition) is 1. The van der Waals surface area contributed by atoms with E-state index in [2.05, 4.69) is 24.0 Å². The van der Waals surface area contributed by atoms with Crippen molar-refractivity contribution in [2.75, 3.05) is 0 Å². The van der Waals surface area contributed by atoms with E-state index in [0.717, 1.165) is 22.8 Å². The van der Waals surface area contributed by atoms with Gasteiger partial charge < -0.3 is 9.78 Å². The van der Waals surface area contributed by atoms with Gasteiger partial charge in [0, 0.05) is 23.5 Å². The summed E-state index contributed by atoms with van der Waals surface area (Å²) in [7, 11) is 0. The Kier molecular flexibility index (Phi) is 1.89. The lowest BCUT2D eigenvalue weighted by Gasteiger charge is -1.94. The van der Waals surface area contributed by atoms with Crippen molar-refractivity contribution in [3.8, 4) is 0 Å². The molecule has 0 aliphatic heterocycles. The Hall–Kier alpha value is -1.57. The van der Waals surface area contributed by atoms with E-state index in [1.807, 2.05) is 12.3 Å². The summed E-state index contributed by atoms with van der Waals surface area (Å²) < 4.78 is 0. The highest BCUT2D eigenvalue weighted by molar-refractivity contribution is 5.85. The van der Waals surface area contributed by atoms with E-state index < -0.39 is 0 Å². The summed E-state index contributed by atoms with van der Waals surface area (Å²) in [5.41, 5.74) is 3.40. The Bertz CT molecular complexity index is 442. The molecular formula is C11H11NO. The molecule has 2 aromatic rings. The molecule has 0 bridgehead atoms. The number of aryl methyl sites for hydroxylation is 1. The monoisotopic (exact) mass is 173 g/mol. The quantitative estimate of drug-likeness (QED) is 0.694. The van der Waals surface area contributed by atoms with E-state index in [-0.39, 0.29) is 0 Å². The second kappa shape index (κ2) is 3.05. The summed E-state index contributed by atoms with van der Waals surface area (Å²) in [5, 5.41) is 1.16. The fourth-order valence-electron chi connectivity index (χ4n) is 1.55. The molecule has 0 fully saturated rings. The summed E-state index contributed by atoms with van der Waals surface area (Å²) in [6.07, 6.45) is 3.33. The van der Waals surface area contributed by atoms with Crippen molar-refractivity contribution in [3.63, 3.8) is 0 Å². The van der Waals surface area contributed by atoms with Gasteiger partial charge in [-0.25, -0.2) is 0 Å². The smallest absolute Gasteiger partial charge is 0.124 e. The van der Waals surface area contributed by atoms with Crippen LogP contribution in [0.1, 0.15) is 11.1 Å². The number of hydrogen-bond acceptors (Lipinski definition) is 1. The van der Waals surface area contributed by atoms with Crippen LogP contribution in [-0.4, -0.2) is 11.3 Å². The van der Waals surface area contributed by atoms with Crippen molar-refractivity contribution in [1.29, 1.82) is 0 Å². The predicted molar refractivity (Wildman–Crippen MR) is 52.8 cm³/mol. The molecule has 0 spiro atoms. The molecule has 0 aliphatic rings. The summed E-state index contributed by atoms with van der Waals surface area (Å²) in [6, 6.07) is 6.20. The number of aromatic nitrogens is 1. The first-order valence-corrected chi connectivity index (χ1v) is 4.31. The molecule has 0 atom stereocenters. The van der Waals surface area contributed by atoms with Crippen LogP contribution >= 0.6 is 0 Å². The third-order valence-corrected chi connectivity index (χ3v) is 2.23. The first-order chi connectivity index (χ1) is 6.31. The van der Waals surface area contributed by atoms with Crippen LogP contribution in [0.2, 0.25) is 0 Å². The highest BCUT2D eigenvalue weighted by Crippen LogP contribution is 2.19. The van der Waals surface area contributed by atoms with Crippen molar-refractivity contribution in [2.45, 2.75) is 13.3 Å². The van der Waals surface area contributed by atoms with E-state index in [1.54, 1.807) is 0 Å². The molecule has 0 saturated heterocycles. The van der Waals surface area contributed by atoms with Crippen molar-refractivity contribution in [2.24, 2.45) is 0 Å². The molecule has 13 heavy (non-hydrogen) atoms. The Morgan fingerprint density at radius 1 is 1.46 bits per heavy atom. The van der Waals surface area contributed by atoms with Gasteiger partial charge in [-0.3, -0.25) is 0 Å². The third-order valence-electron chi connectivity index (χ3n) is 2.23. The summed E-state index contributed by atoms with van der Waals surface area (Å²) in [4.78, 5) is 13.5. The molecule has 66 valence electrons. The largest absolute Gasteiger partial charge is 0.361 e. The first-order valence-electron chi connectivity index (χ1n) is 4.31. The Morgan fingerprint density at radius 3 is 3.08 bits per heavy atom. The lowest BCUT2D eigenvalue weighted by molar-refractivity contribution is -0.107. The van der Waals surface area contributed by atoms with E-state index >= 15 is 0 Å². The molecule has 1 aromatic heterocycles. The van der Waals surface area contributed by atoms with E-state index in [9.17, 15) is 4.79 Å². The van der Waals surface area contributed by atoms with Crippen LogP contribution in [0.15, 0.2) is 24.4 Å². The number of carbonyl (C=O) groups excluding carboxylic acids is 1. The zero-order valence-corrected chi connectivity index (χ0v) is 7.50. The van der Waals surface area contributed by atoms with Gasteiger partial charge in [0.15, 0.2) is 0 Å². The maximum atomic E-state index is 10.4. The van der Waals surface area contributed by atoms with Crippen molar-refractivity contribution in [1.82, 2.24) is 4.98 Å². The minimum Gasteiger partial charge on any atom is -0.361 e. The lowest BCUT2D eigenvalue weighted by Crippen LogP contribution is -1.82. The molecule has 1 heterocycles. The van der Waals surface area contributed by atoms with Gasteiger partial charge in [-0.05, 0) is 24.6 Å². The SMILES string of the molecule is Cc1ccc2[nH]cc(CC=O)c2c1. The van der Waals surface area contributed by atoms with Gasteiger partial charge >= 0.3 is 0 Å². The van der Waals surface area contributed by atoms with Crippen LogP contribution in [0.25, 0.3) is 10.9 Å². The van der Waals surface area contributed by atoms with Crippen molar-refractivity contribution in [3.05, 3.63) is 35.5 Å². The fraction of sp³-hybridized carbons (Fsp3) is 0.182. The Balaban J connectivity index is 2.64. The second-order valence-corrected chi connectivity index (χ2v) is 3.23. The van der Waals surface area contributed by atoms with Crippen LogP contribution < -0.4 is 0 Å². The van der Waals surface area contributed by atoms with Gasteiger partial charge in [0.05, 0.1) is 0 Å². The van der Waals surface area contributed by atoms with Gasteiger partial charge in [0.1, 0.15) is 6.29 Å². The molecule has 0 aliphatic carbocycles. The summed E-state index contributed by atoms with van der Waals surface area (Å²) >= 11 is 0. The van der Waals surface area contributed by atoms with E-state index in [0.29, 0.717) is 6.42 Å². The van der Waals surface area contributed by atoms with Gasteiger partial charge in [0.25, 0.3) is 0 Å². The van der Waals surface area contributed by atoms with Gasteiger partial charge in [-0.15, -0.1) is 0 Å². The molecule has 2 nitrogen and oxygen atoms in total. The number of nitrogens with one attached hydrogen (secondary N) is 1. The minimum absolute atomic E-state index is 0.490. The third kappa shape index (κ3) is 1.35. The van der Waals surface area contributed by atoms with Gasteiger partial charge in [-0.1, -0.05) is 11.6 Å². The van der Waals surface area contributed by atoms with Crippen molar-refractivity contribution >= 4 is 17.2 Å². The molecule has 1 N–H and O–H groups in total. The van der Waals surface area contributed by atoms with E-state index in [1.165, 1.54) is 5.56 Å². The number of aldehydes is 1. The first kappa shape index (κ1) is 8.05. The molecule has 0 saturated carbocycles. The second-order valence-electron chi connectivity index (χ2n) is 3.23. The Morgan fingerprint density at radius 2 is 2.31 bits per heavy atom. The van der Waals surface area contributed by atoms with Crippen LogP contribution in [0, 0.1) is 6.92 Å². The van der Waals surface area contributed by atoms with Crippen molar-refractivity contribution < 1.29 is 4.79 Å². The maximum absolute atomic E-state index is 10.4. The molecule has 1 aromatic carbocycles. The number of fused-ring (bicyclic) bond motifs is 1. The van der Waals surface area contributed by atoms with Gasteiger partial charge in [0.2, 0.25) is 0 Å². The Labute approximate surface area is 76.6 Å². The zero-order valence-electron chi connectivity index (χ0n) is 7.50. The highest BCUT2D eigenvalue weighted by Gasteiger charge is 2.01. The predicted octanol–water partition coefficient (Wildman–Crippen LogP) is 2.22. The fourth-order valence-corrected chi connectivity index (χ4v) is 1.55. The van der Waals surface area contributed by atoms with Gasteiger partial charge in [-0.2, -0.15) is 0 Å². The normalized spacial score (nSPS) is 10.5. The topological polar surface area (TPSA) is 32.9 Å². The van der Waals surface area contributed by atoms with Crippen LogP contribution in [-0.2, 0) is 11.2 Å². The van der Waals surface area contributed by atoms with E-state index in [4.69, 9.17) is 0 Å². The highest BCUT2D eigenvalue weighted by atomic mass is 16.1. The molecule has 0 unspecified atom stereocenters. The average molecular weight is 173 g/mol. The molecule has 2 heteroatoms. The number of aromatic amines is 1.